The number of nitrogens with zero attached hydrogens (tertiary/aromatic N) is 2. The molecule has 1 fully saturated rings. The summed E-state index contributed by atoms with van der Waals surface area (Å²) in [5, 5.41) is 12.6. The minimum Gasteiger partial charge on any atom is -0.373 e. The second-order valence-electron chi connectivity index (χ2n) is 4.67. The first-order valence-corrected chi connectivity index (χ1v) is 6.75. The Kier molecular flexibility index (Phi) is 4.28. The molecule has 1 aliphatic rings. The lowest BCUT2D eigenvalue weighted by Crippen LogP contribution is -2.39. The summed E-state index contributed by atoms with van der Waals surface area (Å²) in [6.45, 7) is 3.46. The number of nitrogens with one attached hydrogen (secondary N) is 1. The van der Waals surface area contributed by atoms with Crippen molar-refractivity contribution in [3.05, 3.63) is 28.8 Å². The fourth-order valence-electron chi connectivity index (χ4n) is 2.26. The normalized spacial score (nSPS) is 15.9. The number of amides is 1. The average Bonchev–Trinajstić information content (AvgIpc) is 2.92. The van der Waals surface area contributed by atoms with Crippen molar-refractivity contribution in [3.63, 3.8) is 0 Å². The molecule has 0 saturated carbocycles. The lowest BCUT2D eigenvalue weighted by atomic mass is 10.1. The highest BCUT2D eigenvalue weighted by molar-refractivity contribution is 6.32. The number of hydrogen-bond donors (Lipinski definition) is 1. The molecule has 0 aliphatic carbocycles. The van der Waals surface area contributed by atoms with Gasteiger partial charge in [-0.3, -0.25) is 4.79 Å². The summed E-state index contributed by atoms with van der Waals surface area (Å²) in [4.78, 5) is 14.0. The molecule has 19 heavy (non-hydrogen) atoms. The van der Waals surface area contributed by atoms with E-state index in [1.165, 1.54) is 0 Å². The van der Waals surface area contributed by atoms with Crippen LogP contribution in [0.15, 0.2) is 18.2 Å². The summed E-state index contributed by atoms with van der Waals surface area (Å²) in [5.41, 5.74) is 0.986. The molecule has 1 aromatic carbocycles. The largest absolute Gasteiger partial charge is 0.373 e. The van der Waals surface area contributed by atoms with Gasteiger partial charge in [-0.05, 0) is 31.9 Å². The summed E-state index contributed by atoms with van der Waals surface area (Å²) in [7, 11) is 0. The number of hydrogen-bond acceptors (Lipinski definition) is 3. The van der Waals surface area contributed by atoms with Gasteiger partial charge >= 0.3 is 0 Å². The van der Waals surface area contributed by atoms with Gasteiger partial charge in [-0.25, -0.2) is 0 Å². The zero-order valence-electron chi connectivity index (χ0n) is 10.8. The van der Waals surface area contributed by atoms with Crippen molar-refractivity contribution in [1.82, 2.24) is 4.90 Å². The zero-order valence-corrected chi connectivity index (χ0v) is 11.6. The van der Waals surface area contributed by atoms with Crippen molar-refractivity contribution in [3.8, 4) is 6.07 Å². The Morgan fingerprint density at radius 2 is 2.16 bits per heavy atom. The summed E-state index contributed by atoms with van der Waals surface area (Å²) < 4.78 is 0. The van der Waals surface area contributed by atoms with Crippen LogP contribution in [0.4, 0.5) is 5.69 Å². The first-order chi connectivity index (χ1) is 9.13. The number of nitriles is 1. The van der Waals surface area contributed by atoms with E-state index in [4.69, 9.17) is 16.9 Å². The van der Waals surface area contributed by atoms with Crippen LogP contribution < -0.4 is 5.32 Å². The van der Waals surface area contributed by atoms with E-state index in [9.17, 15) is 4.79 Å². The van der Waals surface area contributed by atoms with Gasteiger partial charge in [0.25, 0.3) is 0 Å². The first-order valence-electron chi connectivity index (χ1n) is 6.37. The van der Waals surface area contributed by atoms with Crippen LogP contribution in [-0.2, 0) is 4.79 Å². The van der Waals surface area contributed by atoms with Gasteiger partial charge in [0.05, 0.1) is 16.3 Å². The third-order valence-electron chi connectivity index (χ3n) is 3.29. The Bertz CT molecular complexity index is 518. The molecule has 0 radical (unpaired) electrons. The summed E-state index contributed by atoms with van der Waals surface area (Å²) >= 11 is 5.96. The molecule has 4 nitrogen and oxygen atoms in total. The second-order valence-corrected chi connectivity index (χ2v) is 5.08. The lowest BCUT2D eigenvalue weighted by molar-refractivity contribution is -0.130. The summed E-state index contributed by atoms with van der Waals surface area (Å²) in [5.74, 6) is 0.0707. The van der Waals surface area contributed by atoms with E-state index < -0.39 is 0 Å². The fraction of sp³-hybridized carbons (Fsp3) is 0.429. The first kappa shape index (κ1) is 13.7. The van der Waals surface area contributed by atoms with Gasteiger partial charge in [0.1, 0.15) is 12.1 Å². The van der Waals surface area contributed by atoms with Crippen molar-refractivity contribution < 1.29 is 4.79 Å². The van der Waals surface area contributed by atoms with Crippen molar-refractivity contribution in [2.75, 3.05) is 18.4 Å². The second kappa shape index (κ2) is 5.94. The van der Waals surface area contributed by atoms with Crippen LogP contribution in [0, 0.1) is 11.3 Å². The van der Waals surface area contributed by atoms with Crippen molar-refractivity contribution in [2.24, 2.45) is 0 Å². The quantitative estimate of drug-likeness (QED) is 0.924. The van der Waals surface area contributed by atoms with Gasteiger partial charge in [-0.1, -0.05) is 17.7 Å². The van der Waals surface area contributed by atoms with Crippen LogP contribution in [0.1, 0.15) is 25.3 Å². The molecule has 1 aliphatic heterocycles. The summed E-state index contributed by atoms with van der Waals surface area (Å²) in [6.07, 6.45) is 2.14. The van der Waals surface area contributed by atoms with Gasteiger partial charge in [-0.15, -0.1) is 0 Å². The molecule has 1 N–H and O–H groups in total. The number of benzene rings is 1. The van der Waals surface area contributed by atoms with E-state index in [0.717, 1.165) is 25.9 Å². The topological polar surface area (TPSA) is 56.1 Å². The molecule has 0 aromatic heterocycles. The third-order valence-corrected chi connectivity index (χ3v) is 3.60. The number of carbonyl (C=O) groups is 1. The highest BCUT2D eigenvalue weighted by Crippen LogP contribution is 2.24. The van der Waals surface area contributed by atoms with Crippen molar-refractivity contribution in [1.29, 1.82) is 5.26 Å². The molecule has 1 unspecified atom stereocenters. The Balaban J connectivity index is 2.10. The van der Waals surface area contributed by atoms with Gasteiger partial charge in [0, 0.05) is 13.1 Å². The molecule has 1 heterocycles. The summed E-state index contributed by atoms with van der Waals surface area (Å²) in [6, 6.07) is 6.89. The van der Waals surface area contributed by atoms with Crippen LogP contribution >= 0.6 is 11.6 Å². The van der Waals surface area contributed by atoms with Crippen molar-refractivity contribution in [2.45, 2.75) is 25.8 Å². The van der Waals surface area contributed by atoms with Crippen molar-refractivity contribution >= 4 is 23.2 Å². The van der Waals surface area contributed by atoms with Crippen LogP contribution in [0.2, 0.25) is 5.02 Å². The van der Waals surface area contributed by atoms with E-state index in [1.807, 2.05) is 11.8 Å². The molecule has 1 amide bonds. The standard InChI is InChI=1S/C14H16ClN3O/c1-10(14(19)18-7-2-3-8-18)17-13-6-4-5-12(15)11(13)9-16/h4-6,10,17H,2-3,7-8H2,1H3. The Labute approximate surface area is 118 Å². The number of anilines is 1. The minimum absolute atomic E-state index is 0.0707. The van der Waals surface area contributed by atoms with E-state index in [1.54, 1.807) is 18.2 Å². The maximum Gasteiger partial charge on any atom is 0.244 e. The predicted octanol–water partition coefficient (Wildman–Crippen LogP) is 2.63. The average molecular weight is 278 g/mol. The molecule has 5 heteroatoms. The Morgan fingerprint density at radius 1 is 1.47 bits per heavy atom. The fourth-order valence-corrected chi connectivity index (χ4v) is 2.48. The molecule has 1 saturated heterocycles. The van der Waals surface area contributed by atoms with Crippen LogP contribution in [0.3, 0.4) is 0 Å². The van der Waals surface area contributed by atoms with Crippen LogP contribution in [-0.4, -0.2) is 29.9 Å². The molecule has 1 atom stereocenters. The van der Waals surface area contributed by atoms with E-state index in [-0.39, 0.29) is 11.9 Å². The molecule has 0 bridgehead atoms. The Hall–Kier alpha value is -1.73. The van der Waals surface area contributed by atoms with E-state index in [0.29, 0.717) is 16.3 Å². The maximum absolute atomic E-state index is 12.2. The van der Waals surface area contributed by atoms with Gasteiger partial charge < -0.3 is 10.2 Å². The number of rotatable bonds is 3. The van der Waals surface area contributed by atoms with Gasteiger partial charge in [0.2, 0.25) is 5.91 Å². The Morgan fingerprint density at radius 3 is 2.79 bits per heavy atom. The highest BCUT2D eigenvalue weighted by atomic mass is 35.5. The predicted molar refractivity (Wildman–Crippen MR) is 75.1 cm³/mol. The van der Waals surface area contributed by atoms with E-state index >= 15 is 0 Å². The molecule has 0 spiro atoms. The molecular formula is C14H16ClN3O. The monoisotopic (exact) mass is 277 g/mol. The molecular weight excluding hydrogens is 262 g/mol. The number of halogens is 1. The van der Waals surface area contributed by atoms with Crippen LogP contribution in [0.25, 0.3) is 0 Å². The zero-order chi connectivity index (χ0) is 13.8. The molecule has 2 rings (SSSR count). The van der Waals surface area contributed by atoms with Gasteiger partial charge in [0.15, 0.2) is 0 Å². The number of carbonyl (C=O) groups excluding carboxylic acids is 1. The highest BCUT2D eigenvalue weighted by Gasteiger charge is 2.23. The van der Waals surface area contributed by atoms with Gasteiger partial charge in [-0.2, -0.15) is 5.26 Å². The molecule has 1 aromatic rings. The molecule has 100 valence electrons. The van der Waals surface area contributed by atoms with Crippen LogP contribution in [0.5, 0.6) is 0 Å². The minimum atomic E-state index is -0.358. The lowest BCUT2D eigenvalue weighted by Gasteiger charge is -2.22. The van der Waals surface area contributed by atoms with E-state index in [2.05, 4.69) is 11.4 Å². The maximum atomic E-state index is 12.2. The smallest absolute Gasteiger partial charge is 0.244 e. The SMILES string of the molecule is CC(Nc1cccc(Cl)c1C#N)C(=O)N1CCCC1. The third kappa shape index (κ3) is 2.99. The number of likely N-dealkylation sites (tertiary alicyclic amines) is 1.